The van der Waals surface area contributed by atoms with Crippen LogP contribution in [-0.4, -0.2) is 237 Å². The van der Waals surface area contributed by atoms with E-state index in [1.54, 1.807) is 6.07 Å². The van der Waals surface area contributed by atoms with E-state index in [4.69, 9.17) is 37.9 Å². The van der Waals surface area contributed by atoms with Crippen LogP contribution in [-0.2, 0) is 46.4 Å². The van der Waals surface area contributed by atoms with Crippen LogP contribution in [0.5, 0.6) is 11.5 Å². The van der Waals surface area contributed by atoms with Crippen molar-refractivity contribution in [2.24, 2.45) is 0 Å². The van der Waals surface area contributed by atoms with Crippen molar-refractivity contribution in [3.05, 3.63) is 132 Å². The summed E-state index contributed by atoms with van der Waals surface area (Å²) in [6.07, 6.45) is -58.5. The molecule has 1 aliphatic rings. The number of halogens is 51. The number of aliphatic hydroxyl groups is 1. The molecule has 132 heavy (non-hydrogen) atoms. The van der Waals surface area contributed by atoms with Gasteiger partial charge in [0, 0.05) is 39.1 Å². The fourth-order valence-electron chi connectivity index (χ4n) is 11.0. The molecule has 11 nitrogen and oxygen atoms in total. The van der Waals surface area contributed by atoms with Gasteiger partial charge in [-0.15, -0.1) is 0 Å². The largest absolute Gasteiger partial charge is 0.491 e. The summed E-state index contributed by atoms with van der Waals surface area (Å²) in [7, 11) is 0. The number of hydrogen-bond donors (Lipinski definition) is 1. The predicted molar refractivity (Wildman–Crippen MR) is 334 cm³/mol. The molecule has 1 heterocycles. The molecule has 62 heteroatoms. The van der Waals surface area contributed by atoms with Crippen LogP contribution in [0.4, 0.5) is 224 Å². The molecule has 0 bridgehead atoms. The Balaban J connectivity index is 1.64. The van der Waals surface area contributed by atoms with Gasteiger partial charge in [0.15, 0.2) is 0 Å². The van der Waals surface area contributed by atoms with E-state index in [2.05, 4.69) is 4.74 Å². The predicted octanol–water partition coefficient (Wildman–Crippen LogP) is 23.7. The Labute approximate surface area is 702 Å². The number of rotatable bonds is 49. The third kappa shape index (κ3) is 21.0. The zero-order chi connectivity index (χ0) is 102. The zero-order valence-electron chi connectivity index (χ0n) is 63.7. The van der Waals surface area contributed by atoms with Crippen molar-refractivity contribution in [2.45, 2.75) is 238 Å². The first kappa shape index (κ1) is 115. The van der Waals surface area contributed by atoms with Crippen molar-refractivity contribution < 1.29 is 276 Å². The summed E-state index contributed by atoms with van der Waals surface area (Å²) in [4.78, 5) is 13.1. The SMILES string of the molecule is O=C(OCC1O[C@@H](Oc2ccc(OCC(OCCCC(F)(F)C(F)(F)C(F)(F)C(F)(F)C(F)(F)C(F)(F)C(F)(F)C(F)(F)F)C(COCCCC(F)(F)C(F)(F)C(F)(F)C(F)(F)C(F)(F)C(F)(F)C(F)(F)C(F)(F)F)OCCCC(F)(F)C(F)(F)C(F)(F)C(F)(F)C(F)(F)C(F)(F)C(F)(F)C(F)(F)F)cc2)C(OCc2ccccc2)C(OCc2ccccc2)[C@@H]1O)c1ccccc1. The van der Waals surface area contributed by atoms with Gasteiger partial charge in [0.1, 0.15) is 61.3 Å². The maximum absolute atomic E-state index is 15.2. The van der Waals surface area contributed by atoms with Crippen molar-refractivity contribution in [1.82, 2.24) is 0 Å². The maximum atomic E-state index is 15.2. The fraction of sp³-hybridized carbons (Fsp3) is 0.643. The highest BCUT2D eigenvalue weighted by Crippen LogP contribution is 2.69. The minimum atomic E-state index is -9.29. The Morgan fingerprint density at radius 3 is 0.909 bits per heavy atom. The first-order chi connectivity index (χ1) is 59.2. The number of carbonyl (C=O) groups is 1. The van der Waals surface area contributed by atoms with Gasteiger partial charge < -0.3 is 47.7 Å². The third-order valence-electron chi connectivity index (χ3n) is 18.8. The molecule has 1 fully saturated rings. The molecule has 4 aromatic carbocycles. The standard InChI is InChI=1S/C70H55F51O11/c71-47(72,50(77,78)53(83,84)56(89,90)59(95,96)62(101,102)65(107,108)68(113,114)115)23-10-26-124-31-39(125-27-11-24-48(73,74)51(79,80)54(85,86)57(91,92)60(97,98)63(103,104)66(109,110)69(116,117)118)40(126-28-12-25-49(75,76)52(81,82)55(87,88)58(93,94)61(99,100)64(105,106)67(111,112)70(119,120)121)32-127-37-19-21-38(22-20-37)131-46-44(129-30-35-15-6-2-7-16-35)43(128-29-34-13-4-1-5-14-34)42(122)41(132-46)33-130-45(123)36-17-8-3-9-18-36/h1-9,13-22,39-44,46,122H,10-12,23-33H2/t39?,40?,41?,42-,43?,44?,46-/m1/s1. The Morgan fingerprint density at radius 1 is 0.318 bits per heavy atom. The minimum Gasteiger partial charge on any atom is -0.491 e. The van der Waals surface area contributed by atoms with Gasteiger partial charge in [-0.2, -0.15) is 224 Å². The minimum absolute atomic E-state index is 0.0973. The summed E-state index contributed by atoms with van der Waals surface area (Å²) < 4.78 is 769. The third-order valence-corrected chi connectivity index (χ3v) is 18.8. The summed E-state index contributed by atoms with van der Waals surface area (Å²) in [6.45, 7) is -13.1. The van der Waals surface area contributed by atoms with Crippen molar-refractivity contribution in [2.75, 3.05) is 39.6 Å². The van der Waals surface area contributed by atoms with Gasteiger partial charge in [0.2, 0.25) is 6.29 Å². The van der Waals surface area contributed by atoms with E-state index in [0.29, 0.717) is 35.4 Å². The van der Waals surface area contributed by atoms with E-state index in [1.807, 2.05) is 0 Å². The second kappa shape index (κ2) is 38.9. The molecule has 4 aromatic rings. The molecule has 1 saturated heterocycles. The second-order valence-corrected chi connectivity index (χ2v) is 28.1. The zero-order valence-corrected chi connectivity index (χ0v) is 63.7. The summed E-state index contributed by atoms with van der Waals surface area (Å²) in [5.74, 6) is -187. The maximum Gasteiger partial charge on any atom is 0.460 e. The van der Waals surface area contributed by atoms with Gasteiger partial charge in [0.25, 0.3) is 0 Å². The van der Waals surface area contributed by atoms with Crippen molar-refractivity contribution >= 4 is 5.97 Å². The van der Waals surface area contributed by atoms with Crippen molar-refractivity contribution in [3.63, 3.8) is 0 Å². The highest BCUT2D eigenvalue weighted by molar-refractivity contribution is 5.89. The summed E-state index contributed by atoms with van der Waals surface area (Å²) in [5.41, 5.74) is 0.648. The van der Waals surface area contributed by atoms with E-state index in [0.717, 1.165) is 0 Å². The lowest BCUT2D eigenvalue weighted by molar-refractivity contribution is -0.461. The molecule has 0 radical (unpaired) electrons. The van der Waals surface area contributed by atoms with Crippen LogP contribution in [0.2, 0.25) is 0 Å². The Morgan fingerprint density at radius 2 is 0.591 bits per heavy atom. The van der Waals surface area contributed by atoms with Crippen molar-refractivity contribution in [1.29, 1.82) is 0 Å². The smallest absolute Gasteiger partial charge is 0.460 e. The number of aliphatic hydroxyl groups excluding tert-OH is 1. The number of hydrogen-bond acceptors (Lipinski definition) is 11. The number of esters is 1. The van der Waals surface area contributed by atoms with Crippen LogP contribution >= 0.6 is 0 Å². The molecule has 758 valence electrons. The molecule has 0 spiro atoms. The monoisotopic (exact) mass is 2040 g/mol. The molecular formula is C70H55F51O11. The van der Waals surface area contributed by atoms with Crippen LogP contribution in [0.25, 0.3) is 0 Å². The van der Waals surface area contributed by atoms with Gasteiger partial charge in [-0.05, 0) is 66.8 Å². The van der Waals surface area contributed by atoms with Gasteiger partial charge in [0.05, 0.1) is 25.4 Å². The van der Waals surface area contributed by atoms with E-state index in [1.165, 1.54) is 84.9 Å². The molecule has 5 rings (SSSR count). The van der Waals surface area contributed by atoms with Gasteiger partial charge >= 0.3 is 149 Å². The average Bonchev–Trinajstić information content (AvgIpc) is 0.702. The Kier molecular flexibility index (Phi) is 33.8. The molecule has 0 amide bonds. The Hall–Kier alpha value is -7.90. The van der Waals surface area contributed by atoms with Gasteiger partial charge in [-0.3, -0.25) is 0 Å². The molecular weight excluding hydrogens is 1990 g/mol. The molecule has 1 aliphatic heterocycles. The van der Waals surface area contributed by atoms with Gasteiger partial charge in [-0.1, -0.05) is 78.9 Å². The summed E-state index contributed by atoms with van der Waals surface area (Å²) in [6, 6.07) is 24.3. The normalized spacial score (nSPS) is 18.9. The number of ether oxygens (including phenoxy) is 9. The summed E-state index contributed by atoms with van der Waals surface area (Å²) in [5, 5.41) is 11.8. The molecule has 0 aliphatic carbocycles. The first-order valence-electron chi connectivity index (χ1n) is 35.4. The van der Waals surface area contributed by atoms with E-state index in [-0.39, 0.29) is 5.56 Å². The highest BCUT2D eigenvalue weighted by atomic mass is 19.5. The number of carbonyl (C=O) groups excluding carboxylic acids is 1. The quantitative estimate of drug-likeness (QED) is 0.0258. The van der Waals surface area contributed by atoms with E-state index < -0.39 is 295 Å². The lowest BCUT2D eigenvalue weighted by Gasteiger charge is -2.43. The van der Waals surface area contributed by atoms with Crippen LogP contribution < -0.4 is 9.47 Å². The molecule has 0 saturated carbocycles. The van der Waals surface area contributed by atoms with Gasteiger partial charge in [-0.25, -0.2) is 4.79 Å². The van der Waals surface area contributed by atoms with Crippen LogP contribution in [0, 0.1) is 0 Å². The molecule has 1 N–H and O–H groups in total. The van der Waals surface area contributed by atoms with Crippen LogP contribution in [0.15, 0.2) is 115 Å². The lowest BCUT2D eigenvalue weighted by atomic mass is 9.88. The fourth-order valence-corrected chi connectivity index (χ4v) is 11.0. The lowest BCUT2D eigenvalue weighted by Crippen LogP contribution is -2.74. The van der Waals surface area contributed by atoms with E-state index >= 15 is 35.1 Å². The Bertz CT molecular complexity index is 4340. The topological polar surface area (TPSA) is 120 Å². The number of benzene rings is 4. The summed E-state index contributed by atoms with van der Waals surface area (Å²) >= 11 is 0. The van der Waals surface area contributed by atoms with Crippen LogP contribution in [0.3, 0.4) is 0 Å². The first-order valence-corrected chi connectivity index (χ1v) is 35.4. The van der Waals surface area contributed by atoms with E-state index in [9.17, 15) is 199 Å². The van der Waals surface area contributed by atoms with Crippen molar-refractivity contribution in [3.8, 4) is 11.5 Å². The average molecular weight is 2040 g/mol. The molecule has 7 atom stereocenters. The van der Waals surface area contributed by atoms with Crippen LogP contribution in [0.1, 0.15) is 60.0 Å². The number of alkyl halides is 51. The molecule has 0 aromatic heterocycles. The highest BCUT2D eigenvalue weighted by Gasteiger charge is 2.99. The molecule has 5 unspecified atom stereocenters. The second-order valence-electron chi connectivity index (χ2n) is 28.1.